The maximum absolute atomic E-state index is 15.0. The summed E-state index contributed by atoms with van der Waals surface area (Å²) in [5.41, 5.74) is 0.207. The number of ether oxygens (including phenoxy) is 1. The summed E-state index contributed by atoms with van der Waals surface area (Å²) in [5, 5.41) is 9.30. The van der Waals surface area contributed by atoms with Gasteiger partial charge in [0, 0.05) is 32.4 Å². The third-order valence-electron chi connectivity index (χ3n) is 4.95. The van der Waals surface area contributed by atoms with Crippen molar-refractivity contribution in [3.8, 4) is 5.75 Å². The number of hydrogen-bond donors (Lipinski definition) is 1. The predicted octanol–water partition coefficient (Wildman–Crippen LogP) is 1.80. The molecule has 2 aromatic rings. The van der Waals surface area contributed by atoms with E-state index in [-0.39, 0.29) is 11.1 Å². The van der Waals surface area contributed by atoms with E-state index >= 15 is 0 Å². The van der Waals surface area contributed by atoms with Crippen molar-refractivity contribution in [1.82, 2.24) is 9.47 Å². The van der Waals surface area contributed by atoms with Crippen LogP contribution < -0.4 is 15.1 Å². The molecule has 0 saturated carbocycles. The van der Waals surface area contributed by atoms with Gasteiger partial charge in [0.2, 0.25) is 5.43 Å². The average Bonchev–Trinajstić information content (AvgIpc) is 2.60. The van der Waals surface area contributed by atoms with Gasteiger partial charge in [-0.1, -0.05) is 0 Å². The molecule has 136 valence electrons. The minimum absolute atomic E-state index is 0.00253. The van der Waals surface area contributed by atoms with Crippen LogP contribution in [-0.4, -0.2) is 53.8 Å². The number of pyridine rings is 1. The molecule has 8 heteroatoms. The van der Waals surface area contributed by atoms with Crippen molar-refractivity contribution >= 4 is 28.3 Å². The minimum Gasteiger partial charge on any atom is -0.477 e. The summed E-state index contributed by atoms with van der Waals surface area (Å²) in [6, 6.07) is 1.12. The molecule has 0 spiro atoms. The average molecular weight is 359 g/mol. The number of rotatable bonds is 2. The van der Waals surface area contributed by atoms with Crippen molar-refractivity contribution in [2.75, 3.05) is 38.1 Å². The molecule has 0 amide bonds. The summed E-state index contributed by atoms with van der Waals surface area (Å²) in [7, 11) is 2.01. The second-order valence-electron chi connectivity index (χ2n) is 6.65. The van der Waals surface area contributed by atoms with Crippen LogP contribution in [0.2, 0.25) is 0 Å². The third-order valence-corrected chi connectivity index (χ3v) is 4.95. The summed E-state index contributed by atoms with van der Waals surface area (Å²) < 4.78 is 22.2. The number of hydrogen-bond acceptors (Lipinski definition) is 5. The Bertz CT molecular complexity index is 1020. The smallest absolute Gasteiger partial charge is 0.341 e. The van der Waals surface area contributed by atoms with Crippen molar-refractivity contribution in [2.45, 2.75) is 6.92 Å². The lowest BCUT2D eigenvalue weighted by Crippen LogP contribution is -2.45. The molecule has 0 aliphatic carbocycles. The number of aromatic carboxylic acids is 1. The molecule has 0 radical (unpaired) electrons. The molecule has 2 aliphatic rings. The van der Waals surface area contributed by atoms with E-state index in [1.54, 1.807) is 11.5 Å². The first-order valence-electron chi connectivity index (χ1n) is 8.31. The van der Waals surface area contributed by atoms with Gasteiger partial charge < -0.3 is 24.2 Å². The Morgan fingerprint density at radius 2 is 1.96 bits per heavy atom. The topological polar surface area (TPSA) is 75.0 Å². The largest absolute Gasteiger partial charge is 0.477 e. The van der Waals surface area contributed by atoms with Crippen LogP contribution in [0.5, 0.6) is 5.75 Å². The molecule has 1 fully saturated rings. The molecule has 3 heterocycles. The second kappa shape index (κ2) is 5.84. The highest BCUT2D eigenvalue weighted by molar-refractivity contribution is 5.99. The van der Waals surface area contributed by atoms with Gasteiger partial charge in [0.05, 0.1) is 11.1 Å². The van der Waals surface area contributed by atoms with Gasteiger partial charge in [-0.3, -0.25) is 4.79 Å². The fourth-order valence-electron chi connectivity index (χ4n) is 3.48. The molecular weight excluding hydrogens is 341 g/mol. The van der Waals surface area contributed by atoms with Crippen LogP contribution in [0.15, 0.2) is 23.3 Å². The van der Waals surface area contributed by atoms with Crippen molar-refractivity contribution in [3.05, 3.63) is 40.1 Å². The van der Waals surface area contributed by atoms with Crippen LogP contribution in [0.3, 0.4) is 0 Å². The quantitative estimate of drug-likeness (QED) is 0.881. The van der Waals surface area contributed by atoms with Crippen LogP contribution in [0, 0.1) is 5.82 Å². The Morgan fingerprint density at radius 1 is 1.27 bits per heavy atom. The molecule has 7 nitrogen and oxygen atoms in total. The van der Waals surface area contributed by atoms with Crippen molar-refractivity contribution in [1.29, 1.82) is 0 Å². The van der Waals surface area contributed by atoms with Gasteiger partial charge in [0.1, 0.15) is 23.0 Å². The van der Waals surface area contributed by atoms with Crippen LogP contribution in [0.4, 0.5) is 10.1 Å². The summed E-state index contributed by atoms with van der Waals surface area (Å²) in [6.45, 7) is 4.58. The van der Waals surface area contributed by atoms with E-state index in [0.717, 1.165) is 19.2 Å². The van der Waals surface area contributed by atoms with Gasteiger partial charge in [0.25, 0.3) is 0 Å². The van der Waals surface area contributed by atoms with Gasteiger partial charge in [0.15, 0.2) is 11.6 Å². The molecule has 0 atom stereocenters. The summed E-state index contributed by atoms with van der Waals surface area (Å²) >= 11 is 0. The molecule has 2 aliphatic heterocycles. The second-order valence-corrected chi connectivity index (χ2v) is 6.65. The lowest BCUT2D eigenvalue weighted by molar-refractivity contribution is 0.0695. The van der Waals surface area contributed by atoms with E-state index in [0.29, 0.717) is 30.0 Å². The van der Waals surface area contributed by atoms with Crippen molar-refractivity contribution in [3.63, 3.8) is 0 Å². The molecule has 1 saturated heterocycles. The summed E-state index contributed by atoms with van der Waals surface area (Å²) in [6.07, 6.45) is 2.72. The lowest BCUT2D eigenvalue weighted by Gasteiger charge is -2.35. The predicted molar refractivity (Wildman–Crippen MR) is 95.4 cm³/mol. The number of benzene rings is 1. The van der Waals surface area contributed by atoms with Crippen LogP contribution >= 0.6 is 0 Å². The SMILES string of the molecule is CC1=COc2c(N3CCN(C)CC3)c(F)cc3c(=O)c(C(=O)O)cn1c23. The van der Waals surface area contributed by atoms with Crippen LogP contribution in [-0.2, 0) is 0 Å². The van der Waals surface area contributed by atoms with E-state index in [9.17, 15) is 19.1 Å². The van der Waals surface area contributed by atoms with E-state index in [2.05, 4.69) is 4.90 Å². The number of carboxylic acids is 1. The molecule has 0 unspecified atom stereocenters. The number of halogens is 1. The molecule has 1 aromatic carbocycles. The van der Waals surface area contributed by atoms with Gasteiger partial charge in [-0.05, 0) is 20.0 Å². The Balaban J connectivity index is 2.02. The molecule has 0 bridgehead atoms. The highest BCUT2D eigenvalue weighted by Gasteiger charge is 2.29. The summed E-state index contributed by atoms with van der Waals surface area (Å²) in [4.78, 5) is 28.0. The van der Waals surface area contributed by atoms with Crippen molar-refractivity contribution in [2.24, 2.45) is 0 Å². The molecule has 1 N–H and O–H groups in total. The van der Waals surface area contributed by atoms with Gasteiger partial charge in [-0.15, -0.1) is 0 Å². The molecule has 4 rings (SSSR count). The number of nitrogens with zero attached hydrogens (tertiary/aromatic N) is 3. The highest BCUT2D eigenvalue weighted by atomic mass is 19.1. The Hall–Kier alpha value is -2.87. The monoisotopic (exact) mass is 359 g/mol. The first-order chi connectivity index (χ1) is 12.4. The Kier molecular flexibility index (Phi) is 3.73. The molecule has 1 aromatic heterocycles. The maximum Gasteiger partial charge on any atom is 0.341 e. The van der Waals surface area contributed by atoms with Gasteiger partial charge in [-0.25, -0.2) is 9.18 Å². The number of likely N-dealkylation sites (N-methyl/N-ethyl adjacent to an activating group) is 1. The van der Waals surface area contributed by atoms with E-state index in [4.69, 9.17) is 4.74 Å². The standard InChI is InChI=1S/C18H18FN3O4/c1-10-9-26-17-14-11(16(23)12(18(24)25)8-22(10)14)7-13(19)15(17)21-5-3-20(2)4-6-21/h7-9H,3-6H2,1-2H3,(H,24,25). The number of aromatic nitrogens is 1. The number of carboxylic acid groups (broad SMARTS) is 1. The van der Waals surface area contributed by atoms with Gasteiger partial charge >= 0.3 is 5.97 Å². The molecule has 26 heavy (non-hydrogen) atoms. The first-order valence-corrected chi connectivity index (χ1v) is 8.31. The lowest BCUT2D eigenvalue weighted by atomic mass is 10.1. The van der Waals surface area contributed by atoms with E-state index in [1.165, 1.54) is 12.5 Å². The maximum atomic E-state index is 15.0. The number of allylic oxidation sites excluding steroid dienone is 1. The number of anilines is 1. The molecular formula is C18H18FN3O4. The summed E-state index contributed by atoms with van der Waals surface area (Å²) in [5.74, 6) is -1.68. The zero-order valence-electron chi connectivity index (χ0n) is 14.5. The van der Waals surface area contributed by atoms with Crippen molar-refractivity contribution < 1.29 is 19.0 Å². The zero-order valence-corrected chi connectivity index (χ0v) is 14.5. The Labute approximate surface area is 148 Å². The number of piperazine rings is 1. The van der Waals surface area contributed by atoms with E-state index in [1.807, 2.05) is 11.9 Å². The normalized spacial score (nSPS) is 17.2. The Morgan fingerprint density at radius 3 is 2.62 bits per heavy atom. The van der Waals surface area contributed by atoms with E-state index < -0.39 is 22.8 Å². The van der Waals surface area contributed by atoms with Gasteiger partial charge in [-0.2, -0.15) is 0 Å². The van der Waals surface area contributed by atoms with Crippen LogP contribution in [0.1, 0.15) is 17.3 Å². The fraction of sp³-hybridized carbons (Fsp3) is 0.333. The third kappa shape index (κ3) is 2.37. The fourth-order valence-corrected chi connectivity index (χ4v) is 3.48. The minimum atomic E-state index is -1.34. The number of carbonyl (C=O) groups is 1. The first kappa shape index (κ1) is 16.6. The zero-order chi connectivity index (χ0) is 18.6. The van der Waals surface area contributed by atoms with Crippen LogP contribution in [0.25, 0.3) is 16.6 Å². The highest BCUT2D eigenvalue weighted by Crippen LogP contribution is 2.41.